The summed E-state index contributed by atoms with van der Waals surface area (Å²) in [5.74, 6) is 0.0824. The second kappa shape index (κ2) is 6.74. The summed E-state index contributed by atoms with van der Waals surface area (Å²) in [5, 5.41) is 6.58. The Balaban J connectivity index is 1.49. The van der Waals surface area contributed by atoms with Crippen LogP contribution < -0.4 is 5.32 Å². The molecule has 0 radical (unpaired) electrons. The molecule has 1 amide bonds. The standard InChI is InChI=1S/C20H22N4O2S/c1-23(15-6-13-10-26-11-14(7-15)22-13)20(25)18-9-24(16-8-21-27-12-16)19-5-3-2-4-17(18)19/h2-5,8-9,12-15,22H,6-7,10-11H2,1H3/t13-,14+,15?. The molecule has 1 N–H and O–H groups in total. The van der Waals surface area contributed by atoms with Gasteiger partial charge in [-0.05, 0) is 30.4 Å². The summed E-state index contributed by atoms with van der Waals surface area (Å²) >= 11 is 1.41. The third kappa shape index (κ3) is 2.96. The molecule has 5 rings (SSSR count). The van der Waals surface area contributed by atoms with Gasteiger partial charge >= 0.3 is 0 Å². The van der Waals surface area contributed by atoms with Crippen molar-refractivity contribution in [3.8, 4) is 5.69 Å². The summed E-state index contributed by atoms with van der Waals surface area (Å²) in [7, 11) is 1.94. The van der Waals surface area contributed by atoms with Crippen LogP contribution in [0.1, 0.15) is 23.2 Å². The van der Waals surface area contributed by atoms with Crippen molar-refractivity contribution in [1.29, 1.82) is 0 Å². The lowest BCUT2D eigenvalue weighted by Crippen LogP contribution is -2.58. The minimum Gasteiger partial charge on any atom is -0.378 e. The molecular weight excluding hydrogens is 360 g/mol. The Morgan fingerprint density at radius 1 is 1.30 bits per heavy atom. The molecule has 2 aliphatic heterocycles. The summed E-state index contributed by atoms with van der Waals surface area (Å²) in [5.41, 5.74) is 2.77. The van der Waals surface area contributed by atoms with Crippen LogP contribution in [0.25, 0.3) is 16.6 Å². The van der Waals surface area contributed by atoms with Crippen LogP contribution in [0.4, 0.5) is 0 Å². The molecule has 3 aromatic rings. The molecule has 0 aliphatic carbocycles. The molecule has 2 aliphatic rings. The molecule has 140 valence electrons. The molecule has 2 aromatic heterocycles. The highest BCUT2D eigenvalue weighted by atomic mass is 32.1. The second-order valence-electron chi connectivity index (χ2n) is 7.45. The van der Waals surface area contributed by atoms with Crippen LogP contribution in [0.3, 0.4) is 0 Å². The van der Waals surface area contributed by atoms with Crippen LogP contribution in [0.5, 0.6) is 0 Å². The van der Waals surface area contributed by atoms with Gasteiger partial charge in [0.2, 0.25) is 0 Å². The largest absolute Gasteiger partial charge is 0.378 e. The third-order valence-corrected chi connectivity index (χ3v) is 6.30. The van der Waals surface area contributed by atoms with Gasteiger partial charge in [-0.2, -0.15) is 4.37 Å². The normalized spacial score (nSPS) is 24.9. The van der Waals surface area contributed by atoms with Gasteiger partial charge in [0.25, 0.3) is 5.91 Å². The lowest BCUT2D eigenvalue weighted by molar-refractivity contribution is -0.000532. The Bertz CT molecular complexity index is 956. The summed E-state index contributed by atoms with van der Waals surface area (Å²) < 4.78 is 11.9. The molecular formula is C20H22N4O2S. The zero-order valence-electron chi connectivity index (χ0n) is 15.2. The smallest absolute Gasteiger partial charge is 0.256 e. The zero-order valence-corrected chi connectivity index (χ0v) is 16.0. The van der Waals surface area contributed by atoms with E-state index in [9.17, 15) is 4.79 Å². The van der Waals surface area contributed by atoms with Crippen LogP contribution in [0, 0.1) is 0 Å². The molecule has 4 heterocycles. The van der Waals surface area contributed by atoms with Crippen molar-refractivity contribution < 1.29 is 9.53 Å². The Hall–Kier alpha value is -2.22. The maximum absolute atomic E-state index is 13.4. The number of carbonyl (C=O) groups is 1. The van der Waals surface area contributed by atoms with Crippen molar-refractivity contribution in [3.05, 3.63) is 47.6 Å². The van der Waals surface area contributed by atoms with Gasteiger partial charge in [0.1, 0.15) is 0 Å². The maximum atomic E-state index is 13.4. The maximum Gasteiger partial charge on any atom is 0.256 e. The average molecular weight is 382 g/mol. The molecule has 0 spiro atoms. The first kappa shape index (κ1) is 16.9. The van der Waals surface area contributed by atoms with Crippen molar-refractivity contribution in [2.24, 2.45) is 0 Å². The van der Waals surface area contributed by atoms with Crippen LogP contribution in [-0.4, -0.2) is 58.1 Å². The molecule has 0 saturated carbocycles. The van der Waals surface area contributed by atoms with Gasteiger partial charge in [-0.3, -0.25) is 4.79 Å². The number of nitrogens with zero attached hydrogens (tertiary/aromatic N) is 3. The van der Waals surface area contributed by atoms with E-state index in [1.807, 2.05) is 47.9 Å². The van der Waals surface area contributed by atoms with Crippen molar-refractivity contribution in [3.63, 3.8) is 0 Å². The minimum atomic E-state index is 0.0824. The number of nitrogens with one attached hydrogen (secondary N) is 1. The van der Waals surface area contributed by atoms with E-state index < -0.39 is 0 Å². The summed E-state index contributed by atoms with van der Waals surface area (Å²) in [6.07, 6.45) is 5.67. The number of morpholine rings is 1. The first-order valence-corrected chi connectivity index (χ1v) is 10.1. The van der Waals surface area contributed by atoms with Crippen LogP contribution >= 0.6 is 11.5 Å². The highest BCUT2D eigenvalue weighted by Gasteiger charge is 2.35. The van der Waals surface area contributed by atoms with Gasteiger partial charge in [0.05, 0.1) is 36.2 Å². The molecule has 3 atom stereocenters. The Morgan fingerprint density at radius 2 is 2.07 bits per heavy atom. The van der Waals surface area contributed by atoms with Crippen molar-refractivity contribution in [1.82, 2.24) is 19.2 Å². The fraction of sp³-hybridized carbons (Fsp3) is 0.400. The summed E-state index contributed by atoms with van der Waals surface area (Å²) in [4.78, 5) is 15.3. The fourth-order valence-electron chi connectivity index (χ4n) is 4.36. The van der Waals surface area contributed by atoms with Crippen molar-refractivity contribution >= 4 is 28.3 Å². The summed E-state index contributed by atoms with van der Waals surface area (Å²) in [6, 6.07) is 8.99. The van der Waals surface area contributed by atoms with Gasteiger partial charge in [0.15, 0.2) is 0 Å². The lowest BCUT2D eigenvalue weighted by atomic mass is 9.91. The van der Waals surface area contributed by atoms with E-state index in [1.165, 1.54) is 11.5 Å². The number of rotatable bonds is 3. The molecule has 2 fully saturated rings. The van der Waals surface area contributed by atoms with Gasteiger partial charge in [0, 0.05) is 42.1 Å². The Kier molecular flexibility index (Phi) is 4.22. The minimum absolute atomic E-state index is 0.0824. The summed E-state index contributed by atoms with van der Waals surface area (Å²) in [6.45, 7) is 1.47. The predicted octanol–water partition coefficient (Wildman–Crippen LogP) is 2.68. The highest BCUT2D eigenvalue weighted by Crippen LogP contribution is 2.28. The van der Waals surface area contributed by atoms with Crippen LogP contribution in [0.15, 0.2) is 42.0 Å². The van der Waals surface area contributed by atoms with E-state index in [-0.39, 0.29) is 11.9 Å². The number of benzene rings is 1. The van der Waals surface area contributed by atoms with E-state index in [0.29, 0.717) is 12.1 Å². The SMILES string of the molecule is CN(C(=O)c1cn(-c2cnsc2)c2ccccc12)C1C[C@H]2COC[C@@H](C1)N2. The molecule has 1 aromatic carbocycles. The molecule has 7 heteroatoms. The second-order valence-corrected chi connectivity index (χ2v) is 8.11. The number of fused-ring (bicyclic) bond motifs is 3. The number of piperidine rings is 1. The number of hydrogen-bond acceptors (Lipinski definition) is 5. The van der Waals surface area contributed by atoms with Crippen molar-refractivity contribution in [2.45, 2.75) is 31.0 Å². The first-order chi connectivity index (χ1) is 13.2. The zero-order chi connectivity index (χ0) is 18.4. The number of carbonyl (C=O) groups excluding carboxylic acids is 1. The van der Waals surface area contributed by atoms with Gasteiger partial charge in [-0.15, -0.1) is 0 Å². The molecule has 27 heavy (non-hydrogen) atoms. The van der Waals surface area contributed by atoms with E-state index in [0.717, 1.165) is 48.2 Å². The van der Waals surface area contributed by atoms with Gasteiger partial charge in [-0.1, -0.05) is 18.2 Å². The molecule has 1 unspecified atom stereocenters. The molecule has 2 bridgehead atoms. The Labute approximate surface area is 161 Å². The van der Waals surface area contributed by atoms with Crippen LogP contribution in [0.2, 0.25) is 0 Å². The predicted molar refractivity (Wildman–Crippen MR) is 106 cm³/mol. The third-order valence-electron chi connectivity index (χ3n) is 5.73. The first-order valence-electron chi connectivity index (χ1n) is 9.31. The van der Waals surface area contributed by atoms with Gasteiger partial charge in [-0.25, -0.2) is 0 Å². The van der Waals surface area contributed by atoms with E-state index in [1.54, 1.807) is 0 Å². The quantitative estimate of drug-likeness (QED) is 0.757. The Morgan fingerprint density at radius 3 is 2.81 bits per heavy atom. The number of hydrogen-bond donors (Lipinski definition) is 1. The van der Waals surface area contributed by atoms with Crippen molar-refractivity contribution in [2.75, 3.05) is 20.3 Å². The number of ether oxygens (including phenoxy) is 1. The molecule has 6 nitrogen and oxygen atoms in total. The number of aromatic nitrogens is 2. The van der Waals surface area contributed by atoms with Crippen LogP contribution in [-0.2, 0) is 4.74 Å². The topological polar surface area (TPSA) is 59.4 Å². The van der Waals surface area contributed by atoms with E-state index in [2.05, 4.69) is 20.3 Å². The van der Waals surface area contributed by atoms with E-state index >= 15 is 0 Å². The fourth-order valence-corrected chi connectivity index (χ4v) is 4.87. The number of para-hydroxylation sites is 1. The number of amides is 1. The van der Waals surface area contributed by atoms with E-state index in [4.69, 9.17) is 4.74 Å². The molecule has 2 saturated heterocycles. The highest BCUT2D eigenvalue weighted by molar-refractivity contribution is 7.03. The van der Waals surface area contributed by atoms with Gasteiger partial charge < -0.3 is 19.5 Å². The lowest BCUT2D eigenvalue weighted by Gasteiger charge is -2.43. The average Bonchev–Trinajstić information content (AvgIpc) is 3.34. The monoisotopic (exact) mass is 382 g/mol.